The van der Waals surface area contributed by atoms with Gasteiger partial charge in [-0.2, -0.15) is 0 Å². The first-order chi connectivity index (χ1) is 13.7. The van der Waals surface area contributed by atoms with E-state index in [9.17, 15) is 4.79 Å². The minimum absolute atomic E-state index is 0.185. The predicted octanol–water partition coefficient (Wildman–Crippen LogP) is 4.12. The Hall–Kier alpha value is -3.19. The van der Waals surface area contributed by atoms with Crippen LogP contribution in [0.1, 0.15) is 23.0 Å². The van der Waals surface area contributed by atoms with Crippen molar-refractivity contribution in [2.24, 2.45) is 0 Å². The van der Waals surface area contributed by atoms with Crippen LogP contribution in [-0.4, -0.2) is 27.6 Å². The molecule has 0 aliphatic rings. The average molecular weight is 392 g/mol. The van der Waals surface area contributed by atoms with E-state index < -0.39 is 0 Å². The van der Waals surface area contributed by atoms with Gasteiger partial charge in [0.05, 0.1) is 7.11 Å². The molecule has 0 saturated carbocycles. The summed E-state index contributed by atoms with van der Waals surface area (Å²) < 4.78 is 7.24. The molecule has 28 heavy (non-hydrogen) atoms. The zero-order valence-corrected chi connectivity index (χ0v) is 16.5. The maximum absolute atomic E-state index is 12.5. The van der Waals surface area contributed by atoms with Gasteiger partial charge >= 0.3 is 0 Å². The topological polar surface area (TPSA) is 69.0 Å². The van der Waals surface area contributed by atoms with Gasteiger partial charge in [0.1, 0.15) is 22.1 Å². The van der Waals surface area contributed by atoms with Gasteiger partial charge < -0.3 is 14.6 Å². The summed E-state index contributed by atoms with van der Waals surface area (Å²) in [6, 6.07) is 11.6. The van der Waals surface area contributed by atoms with Gasteiger partial charge in [-0.15, -0.1) is 11.3 Å². The summed E-state index contributed by atoms with van der Waals surface area (Å²) in [6.07, 6.45) is 3.84. The van der Waals surface area contributed by atoms with Crippen LogP contribution in [0.4, 0.5) is 0 Å². The molecule has 4 rings (SSSR count). The van der Waals surface area contributed by atoms with Crippen molar-refractivity contribution >= 4 is 28.3 Å². The van der Waals surface area contributed by atoms with E-state index in [0.717, 1.165) is 39.5 Å². The number of rotatable bonds is 6. The first kappa shape index (κ1) is 18.2. The minimum Gasteiger partial charge on any atom is -0.497 e. The summed E-state index contributed by atoms with van der Waals surface area (Å²) in [4.78, 5) is 21.5. The summed E-state index contributed by atoms with van der Waals surface area (Å²) in [6.45, 7) is 3.35. The lowest BCUT2D eigenvalue weighted by atomic mass is 10.2. The van der Waals surface area contributed by atoms with Crippen LogP contribution in [0.2, 0.25) is 0 Å². The molecule has 1 amide bonds. The maximum atomic E-state index is 12.5. The number of aryl methyl sites for hydroxylation is 1. The van der Waals surface area contributed by atoms with Crippen molar-refractivity contribution in [3.05, 3.63) is 65.4 Å². The Morgan fingerprint density at radius 1 is 1.25 bits per heavy atom. The second kappa shape index (κ2) is 7.82. The summed E-state index contributed by atoms with van der Waals surface area (Å²) >= 11 is 1.47. The first-order valence-electron chi connectivity index (χ1n) is 9.00. The summed E-state index contributed by atoms with van der Waals surface area (Å²) in [5.74, 6) is 0.607. The third-order valence-corrected chi connectivity index (χ3v) is 5.43. The highest BCUT2D eigenvalue weighted by Crippen LogP contribution is 2.31. The van der Waals surface area contributed by atoms with Crippen LogP contribution in [0, 0.1) is 0 Å². The third kappa shape index (κ3) is 3.48. The molecule has 7 heteroatoms. The second-order valence-corrected chi connectivity index (χ2v) is 7.13. The zero-order valence-electron chi connectivity index (χ0n) is 15.7. The number of benzene rings is 1. The Morgan fingerprint density at radius 2 is 2.07 bits per heavy atom. The van der Waals surface area contributed by atoms with Crippen molar-refractivity contribution in [1.29, 1.82) is 0 Å². The number of nitrogens with one attached hydrogen (secondary N) is 1. The number of nitrogens with zero attached hydrogens (tertiary/aromatic N) is 3. The van der Waals surface area contributed by atoms with Crippen LogP contribution in [0.25, 0.3) is 21.6 Å². The molecule has 6 nitrogen and oxygen atoms in total. The summed E-state index contributed by atoms with van der Waals surface area (Å²) in [5, 5.41) is 6.58. The smallest absolute Gasteiger partial charge is 0.271 e. The molecule has 3 heterocycles. The number of hydrogen-bond donors (Lipinski definition) is 1. The van der Waals surface area contributed by atoms with E-state index in [1.807, 2.05) is 36.4 Å². The van der Waals surface area contributed by atoms with Gasteiger partial charge in [-0.25, -0.2) is 9.97 Å². The van der Waals surface area contributed by atoms with Gasteiger partial charge in [0.15, 0.2) is 0 Å². The lowest BCUT2D eigenvalue weighted by Gasteiger charge is -2.05. The number of carbonyl (C=O) groups excluding carboxylic acids is 1. The van der Waals surface area contributed by atoms with E-state index in [1.54, 1.807) is 18.7 Å². The molecule has 0 spiro atoms. The number of carbonyl (C=O) groups is 1. The SMILES string of the molecule is CCn1cc(-c2nc(C(=O)NCc3ccc(OC)cc3)cs2)c2cccnc21. The lowest BCUT2D eigenvalue weighted by Crippen LogP contribution is -2.23. The van der Waals surface area contributed by atoms with Crippen molar-refractivity contribution in [1.82, 2.24) is 19.9 Å². The summed E-state index contributed by atoms with van der Waals surface area (Å²) in [5.41, 5.74) is 3.36. The fourth-order valence-corrected chi connectivity index (χ4v) is 3.88. The molecular formula is C21H20N4O2S. The molecular weight excluding hydrogens is 372 g/mol. The van der Waals surface area contributed by atoms with Crippen LogP contribution in [-0.2, 0) is 13.1 Å². The Morgan fingerprint density at radius 3 is 2.82 bits per heavy atom. The van der Waals surface area contributed by atoms with Crippen LogP contribution < -0.4 is 10.1 Å². The van der Waals surface area contributed by atoms with Gasteiger partial charge in [-0.1, -0.05) is 12.1 Å². The van der Waals surface area contributed by atoms with Crippen molar-refractivity contribution in [3.8, 4) is 16.3 Å². The van der Waals surface area contributed by atoms with Crippen LogP contribution >= 0.6 is 11.3 Å². The average Bonchev–Trinajstić information content (AvgIpc) is 3.37. The number of ether oxygens (including phenoxy) is 1. The number of amides is 1. The number of aromatic nitrogens is 3. The summed E-state index contributed by atoms with van der Waals surface area (Å²) in [7, 11) is 1.63. The van der Waals surface area contributed by atoms with Crippen molar-refractivity contribution < 1.29 is 9.53 Å². The maximum Gasteiger partial charge on any atom is 0.271 e. The predicted molar refractivity (Wildman–Crippen MR) is 111 cm³/mol. The molecule has 0 unspecified atom stereocenters. The van der Waals surface area contributed by atoms with E-state index in [1.165, 1.54) is 11.3 Å². The molecule has 0 aliphatic carbocycles. The molecule has 142 valence electrons. The van der Waals surface area contributed by atoms with Crippen molar-refractivity contribution in [2.75, 3.05) is 7.11 Å². The fourth-order valence-electron chi connectivity index (χ4n) is 3.05. The molecule has 0 bridgehead atoms. The van der Waals surface area contributed by atoms with E-state index in [4.69, 9.17) is 4.74 Å². The largest absolute Gasteiger partial charge is 0.497 e. The number of thiazole rings is 1. The minimum atomic E-state index is -0.185. The van der Waals surface area contributed by atoms with Gasteiger partial charge in [-0.05, 0) is 36.8 Å². The molecule has 1 N–H and O–H groups in total. The molecule has 0 fully saturated rings. The molecule has 0 atom stereocenters. The first-order valence-corrected chi connectivity index (χ1v) is 9.88. The van der Waals surface area contributed by atoms with E-state index in [0.29, 0.717) is 12.2 Å². The Labute approximate surface area is 166 Å². The lowest BCUT2D eigenvalue weighted by molar-refractivity contribution is 0.0946. The van der Waals surface area contributed by atoms with Gasteiger partial charge in [0, 0.05) is 41.8 Å². The van der Waals surface area contributed by atoms with Gasteiger partial charge in [0.2, 0.25) is 0 Å². The molecule has 3 aromatic heterocycles. The number of pyridine rings is 1. The number of hydrogen-bond acceptors (Lipinski definition) is 5. The standard InChI is InChI=1S/C21H20N4O2S/c1-3-25-12-17(16-5-4-10-22-19(16)25)21-24-18(13-28-21)20(26)23-11-14-6-8-15(27-2)9-7-14/h4-10,12-13H,3,11H2,1-2H3,(H,23,26). The highest BCUT2D eigenvalue weighted by atomic mass is 32.1. The highest BCUT2D eigenvalue weighted by Gasteiger charge is 2.16. The normalized spacial score (nSPS) is 10.9. The Bertz CT molecular complexity index is 1120. The molecule has 0 aliphatic heterocycles. The third-order valence-electron chi connectivity index (χ3n) is 4.55. The molecule has 0 radical (unpaired) electrons. The fraction of sp³-hybridized carbons (Fsp3) is 0.190. The molecule has 1 aromatic carbocycles. The van der Waals surface area contributed by atoms with Crippen molar-refractivity contribution in [3.63, 3.8) is 0 Å². The number of methoxy groups -OCH3 is 1. The zero-order chi connectivity index (χ0) is 19.5. The van der Waals surface area contributed by atoms with Gasteiger partial charge in [0.25, 0.3) is 5.91 Å². The van der Waals surface area contributed by atoms with Crippen LogP contribution in [0.3, 0.4) is 0 Å². The highest BCUT2D eigenvalue weighted by molar-refractivity contribution is 7.13. The monoisotopic (exact) mass is 392 g/mol. The van der Waals surface area contributed by atoms with Gasteiger partial charge in [-0.3, -0.25) is 4.79 Å². The van der Waals surface area contributed by atoms with Crippen LogP contribution in [0.5, 0.6) is 5.75 Å². The second-order valence-electron chi connectivity index (χ2n) is 6.27. The van der Waals surface area contributed by atoms with E-state index in [2.05, 4.69) is 33.0 Å². The van der Waals surface area contributed by atoms with Crippen molar-refractivity contribution in [2.45, 2.75) is 20.0 Å². The number of fused-ring (bicyclic) bond motifs is 1. The molecule has 0 saturated heterocycles. The Kier molecular flexibility index (Phi) is 5.08. The quantitative estimate of drug-likeness (QED) is 0.536. The van der Waals surface area contributed by atoms with E-state index >= 15 is 0 Å². The Balaban J connectivity index is 1.52. The molecule has 4 aromatic rings. The van der Waals surface area contributed by atoms with Crippen LogP contribution in [0.15, 0.2) is 54.2 Å². The van der Waals surface area contributed by atoms with E-state index in [-0.39, 0.29) is 5.91 Å².